The van der Waals surface area contributed by atoms with Gasteiger partial charge in [0, 0.05) is 6.42 Å². The van der Waals surface area contributed by atoms with Gasteiger partial charge in [0.15, 0.2) is 5.76 Å². The Morgan fingerprint density at radius 1 is 1.75 bits per heavy atom. The van der Waals surface area contributed by atoms with E-state index in [1.54, 1.807) is 0 Å². The van der Waals surface area contributed by atoms with E-state index in [1.165, 1.54) is 0 Å². The lowest BCUT2D eigenvalue weighted by molar-refractivity contribution is 0.505. The van der Waals surface area contributed by atoms with E-state index < -0.39 is 0 Å². The topological polar surface area (TPSA) is 64.6 Å². The minimum absolute atomic E-state index is 0.610. The fraction of sp³-hybridized carbons (Fsp3) is 0.600. The normalized spacial score (nSPS) is 22.1. The molecule has 3 nitrogen and oxygen atoms in total. The highest BCUT2D eigenvalue weighted by Gasteiger charge is 2.16. The average Bonchev–Trinajstić information content (AvgIpc) is 2.45. The van der Waals surface area contributed by atoms with E-state index in [4.69, 9.17) is 16.2 Å². The molecule has 8 heavy (non-hydrogen) atoms. The van der Waals surface area contributed by atoms with Crippen molar-refractivity contribution in [3.8, 4) is 0 Å². The Hall–Kier alpha value is -0.700. The molecule has 0 aromatic heterocycles. The summed E-state index contributed by atoms with van der Waals surface area (Å²) in [7, 11) is 0. The number of ether oxygens (including phenoxy) is 1. The third kappa shape index (κ3) is 1.13. The zero-order valence-electron chi connectivity index (χ0n) is 4.68. The molecule has 1 aliphatic heterocycles. The molecule has 0 aromatic rings. The third-order valence-corrected chi connectivity index (χ3v) is 1.06. The lowest BCUT2D eigenvalue weighted by atomic mass is 10.3. The maximum Gasteiger partial charge on any atom is 0.153 e. The first-order chi connectivity index (χ1) is 3.84. The van der Waals surface area contributed by atoms with Crippen LogP contribution in [0.25, 0.3) is 0 Å². The Kier molecular flexibility index (Phi) is 1.39. The molecule has 1 heterocycles. The summed E-state index contributed by atoms with van der Waals surface area (Å²) in [4.78, 5) is 0. The van der Waals surface area contributed by atoms with Crippen LogP contribution in [0.15, 0.2) is 11.5 Å². The Morgan fingerprint density at radius 2 is 2.38 bits per heavy atom. The summed E-state index contributed by atoms with van der Waals surface area (Å²) >= 11 is 0. The average molecular weight is 114 g/mol. The Bertz CT molecular complexity index is 114. The number of nitrogens with two attached hydrogens (primary N) is 2. The predicted octanol–water partition coefficient (Wildman–Crippen LogP) is -0.464. The second-order valence-corrected chi connectivity index (χ2v) is 1.78. The highest BCUT2D eigenvalue weighted by Crippen LogP contribution is 2.17. The monoisotopic (exact) mass is 114 g/mol. The van der Waals surface area contributed by atoms with Crippen LogP contribution in [-0.2, 0) is 4.74 Å². The van der Waals surface area contributed by atoms with Gasteiger partial charge >= 0.3 is 0 Å². The summed E-state index contributed by atoms with van der Waals surface area (Å²) in [6.07, 6.45) is 0.759. The van der Waals surface area contributed by atoms with E-state index in [9.17, 15) is 0 Å². The fourth-order valence-electron chi connectivity index (χ4n) is 0.516. The van der Waals surface area contributed by atoms with E-state index in [-0.39, 0.29) is 0 Å². The molecule has 0 bridgehead atoms. The van der Waals surface area contributed by atoms with Crippen molar-refractivity contribution in [3.63, 3.8) is 0 Å². The molecular formula is C5H10N2O. The maximum atomic E-state index is 5.46. The van der Waals surface area contributed by atoms with Crippen molar-refractivity contribution >= 4 is 0 Å². The van der Waals surface area contributed by atoms with Gasteiger partial charge in [-0.05, 0) is 6.54 Å². The summed E-state index contributed by atoms with van der Waals surface area (Å²) in [5.74, 6) is 0.926. The standard InChI is InChI=1S/C5H10N2O/c6-2-1-4(7)5-3-8-5/h1-3,6-7H2. The van der Waals surface area contributed by atoms with Crippen LogP contribution in [0.1, 0.15) is 6.42 Å². The smallest absolute Gasteiger partial charge is 0.153 e. The maximum absolute atomic E-state index is 5.46. The molecule has 1 rings (SSSR count). The molecule has 0 spiro atoms. The summed E-state index contributed by atoms with van der Waals surface area (Å²) in [5, 5.41) is 0. The van der Waals surface area contributed by atoms with Gasteiger partial charge in [-0.25, -0.2) is 0 Å². The van der Waals surface area contributed by atoms with Crippen molar-refractivity contribution in [2.45, 2.75) is 6.42 Å². The number of epoxide rings is 1. The molecule has 0 unspecified atom stereocenters. The van der Waals surface area contributed by atoms with Crippen molar-refractivity contribution in [1.29, 1.82) is 0 Å². The van der Waals surface area contributed by atoms with Crippen LogP contribution in [0, 0.1) is 0 Å². The van der Waals surface area contributed by atoms with Gasteiger partial charge in [0.1, 0.15) is 6.61 Å². The highest BCUT2D eigenvalue weighted by atomic mass is 16.6. The van der Waals surface area contributed by atoms with Gasteiger partial charge in [-0.1, -0.05) is 0 Å². The van der Waals surface area contributed by atoms with Gasteiger partial charge in [0.2, 0.25) is 0 Å². The molecule has 0 aromatic carbocycles. The van der Waals surface area contributed by atoms with Crippen LogP contribution in [0.3, 0.4) is 0 Å². The number of hydrogen-bond acceptors (Lipinski definition) is 3. The van der Waals surface area contributed by atoms with Crippen LogP contribution >= 0.6 is 0 Å². The second-order valence-electron chi connectivity index (χ2n) is 1.78. The minimum atomic E-state index is 0.610. The van der Waals surface area contributed by atoms with Gasteiger partial charge in [-0.2, -0.15) is 0 Å². The molecule has 1 aliphatic rings. The first-order valence-electron chi connectivity index (χ1n) is 2.65. The molecule has 0 saturated carbocycles. The second kappa shape index (κ2) is 2.05. The summed E-state index contributed by atoms with van der Waals surface area (Å²) < 4.78 is 4.82. The van der Waals surface area contributed by atoms with E-state index >= 15 is 0 Å². The van der Waals surface area contributed by atoms with E-state index in [1.807, 2.05) is 0 Å². The zero-order chi connectivity index (χ0) is 5.98. The molecule has 1 fully saturated rings. The van der Waals surface area contributed by atoms with Gasteiger partial charge in [-0.15, -0.1) is 0 Å². The van der Waals surface area contributed by atoms with Gasteiger partial charge in [0.05, 0.1) is 5.70 Å². The first-order valence-corrected chi connectivity index (χ1v) is 2.65. The Labute approximate surface area is 48.3 Å². The zero-order valence-corrected chi connectivity index (χ0v) is 4.68. The SMILES string of the molecule is NCCC(N)=C1CO1. The number of hydrogen-bond donors (Lipinski definition) is 2. The van der Waals surface area contributed by atoms with Crippen LogP contribution in [-0.4, -0.2) is 13.2 Å². The quantitative estimate of drug-likeness (QED) is 0.477. The lowest BCUT2D eigenvalue weighted by Gasteiger charge is -1.90. The van der Waals surface area contributed by atoms with Crippen LogP contribution in [0.4, 0.5) is 0 Å². The van der Waals surface area contributed by atoms with Crippen molar-refractivity contribution < 1.29 is 4.74 Å². The van der Waals surface area contributed by atoms with Gasteiger partial charge in [0.25, 0.3) is 0 Å². The Morgan fingerprint density at radius 3 is 2.75 bits per heavy atom. The molecule has 0 amide bonds. The van der Waals surface area contributed by atoms with Crippen molar-refractivity contribution in [3.05, 3.63) is 11.5 Å². The molecule has 1 saturated heterocycles. The molecule has 0 radical (unpaired) electrons. The lowest BCUT2D eigenvalue weighted by Crippen LogP contribution is -2.06. The predicted molar refractivity (Wildman–Crippen MR) is 30.8 cm³/mol. The molecule has 3 heteroatoms. The van der Waals surface area contributed by atoms with Crippen molar-refractivity contribution in [2.75, 3.05) is 13.2 Å². The van der Waals surface area contributed by atoms with E-state index in [0.717, 1.165) is 17.9 Å². The van der Waals surface area contributed by atoms with Crippen molar-refractivity contribution in [2.24, 2.45) is 11.5 Å². The summed E-state index contributed by atoms with van der Waals surface area (Å²) in [5.41, 5.74) is 11.5. The largest absolute Gasteiger partial charge is 0.485 e. The van der Waals surface area contributed by atoms with Crippen LogP contribution in [0.2, 0.25) is 0 Å². The van der Waals surface area contributed by atoms with Crippen molar-refractivity contribution in [1.82, 2.24) is 0 Å². The number of rotatable bonds is 2. The van der Waals surface area contributed by atoms with Gasteiger partial charge < -0.3 is 16.2 Å². The molecule has 0 aliphatic carbocycles. The van der Waals surface area contributed by atoms with E-state index in [0.29, 0.717) is 13.2 Å². The van der Waals surface area contributed by atoms with E-state index in [2.05, 4.69) is 0 Å². The molecule has 46 valence electrons. The molecule has 4 N–H and O–H groups in total. The molecular weight excluding hydrogens is 104 g/mol. The third-order valence-electron chi connectivity index (χ3n) is 1.06. The fourth-order valence-corrected chi connectivity index (χ4v) is 0.516. The molecule has 0 atom stereocenters. The van der Waals surface area contributed by atoms with Crippen LogP contribution < -0.4 is 11.5 Å². The summed E-state index contributed by atoms with van der Waals surface area (Å²) in [6, 6.07) is 0. The highest BCUT2D eigenvalue weighted by molar-refractivity contribution is 5.13. The minimum Gasteiger partial charge on any atom is -0.485 e. The first kappa shape index (κ1) is 5.44. The van der Waals surface area contributed by atoms with Crippen LogP contribution in [0.5, 0.6) is 0 Å². The Balaban J connectivity index is 2.33. The summed E-state index contributed by atoms with van der Waals surface area (Å²) in [6.45, 7) is 1.32. The van der Waals surface area contributed by atoms with Gasteiger partial charge in [-0.3, -0.25) is 0 Å².